The molecule has 0 aromatic heterocycles. The van der Waals surface area contributed by atoms with E-state index in [9.17, 15) is 4.79 Å². The Morgan fingerprint density at radius 2 is 1.91 bits per heavy atom. The number of rotatable bonds is 5. The molecule has 114 valence electrons. The van der Waals surface area contributed by atoms with Gasteiger partial charge in [-0.1, -0.05) is 42.8 Å². The predicted molar refractivity (Wildman–Crippen MR) is 88.7 cm³/mol. The van der Waals surface area contributed by atoms with Crippen LogP contribution in [0.3, 0.4) is 0 Å². The minimum atomic E-state index is 0.100. The van der Waals surface area contributed by atoms with Gasteiger partial charge in [0.1, 0.15) is 5.75 Å². The molecule has 1 fully saturated rings. The summed E-state index contributed by atoms with van der Waals surface area (Å²) in [6.45, 7) is 4.16. The number of carbonyl (C=O) groups is 1. The number of Topliss-reactive ketones (excluding diaryl/α,β-unsaturated/α-hetero) is 1. The lowest BCUT2D eigenvalue weighted by Crippen LogP contribution is -2.06. The van der Waals surface area contributed by atoms with Gasteiger partial charge in [-0.3, -0.25) is 4.79 Å². The van der Waals surface area contributed by atoms with Crippen molar-refractivity contribution >= 4 is 5.78 Å². The second-order valence-electron chi connectivity index (χ2n) is 6.11. The zero-order valence-electron chi connectivity index (χ0n) is 13.4. The van der Waals surface area contributed by atoms with E-state index in [1.807, 2.05) is 25.1 Å². The first-order chi connectivity index (χ1) is 10.6. The molecule has 0 saturated heterocycles. The lowest BCUT2D eigenvalue weighted by Gasteiger charge is -2.09. The fourth-order valence-electron chi connectivity index (χ4n) is 3.07. The van der Waals surface area contributed by atoms with Crippen LogP contribution in [0.1, 0.15) is 46.3 Å². The van der Waals surface area contributed by atoms with Crippen LogP contribution < -0.4 is 4.74 Å². The van der Waals surface area contributed by atoms with Crippen LogP contribution in [-0.2, 0) is 6.42 Å². The average molecular weight is 294 g/mol. The van der Waals surface area contributed by atoms with Gasteiger partial charge in [-0.15, -0.1) is 0 Å². The summed E-state index contributed by atoms with van der Waals surface area (Å²) in [5.74, 6) is 1.36. The second-order valence-corrected chi connectivity index (χ2v) is 6.11. The van der Waals surface area contributed by atoms with Gasteiger partial charge >= 0.3 is 0 Å². The molecule has 0 amide bonds. The van der Waals surface area contributed by atoms with Crippen molar-refractivity contribution in [2.45, 2.75) is 32.6 Å². The van der Waals surface area contributed by atoms with Crippen LogP contribution in [0.2, 0.25) is 0 Å². The highest BCUT2D eigenvalue weighted by Gasteiger charge is 2.44. The van der Waals surface area contributed by atoms with Crippen molar-refractivity contribution in [3.63, 3.8) is 0 Å². The number of hydrogen-bond donors (Lipinski definition) is 0. The van der Waals surface area contributed by atoms with E-state index in [1.54, 1.807) is 7.11 Å². The highest BCUT2D eigenvalue weighted by molar-refractivity contribution is 6.02. The molecule has 0 aliphatic heterocycles. The highest BCUT2D eigenvalue weighted by atomic mass is 16.5. The molecule has 0 spiro atoms. The molecule has 22 heavy (non-hydrogen) atoms. The van der Waals surface area contributed by atoms with Crippen molar-refractivity contribution in [1.29, 1.82) is 0 Å². The Morgan fingerprint density at radius 3 is 2.55 bits per heavy atom. The SMILES string of the molecule is CCc1ccc(C2CC2C(=O)c2cc(C)ccc2OC)cc1. The third kappa shape index (κ3) is 2.78. The Bertz CT molecular complexity index is 685. The van der Waals surface area contributed by atoms with Gasteiger partial charge in [0, 0.05) is 5.92 Å². The van der Waals surface area contributed by atoms with Crippen LogP contribution in [0.5, 0.6) is 5.75 Å². The largest absolute Gasteiger partial charge is 0.496 e. The molecule has 2 unspecified atom stereocenters. The van der Waals surface area contributed by atoms with Crippen molar-refractivity contribution in [3.05, 3.63) is 64.7 Å². The maximum atomic E-state index is 12.8. The molecule has 2 aromatic carbocycles. The topological polar surface area (TPSA) is 26.3 Å². The van der Waals surface area contributed by atoms with E-state index in [4.69, 9.17) is 4.74 Å². The third-order valence-electron chi connectivity index (χ3n) is 4.56. The number of ether oxygens (including phenoxy) is 1. The Morgan fingerprint density at radius 1 is 1.18 bits per heavy atom. The van der Waals surface area contributed by atoms with E-state index in [1.165, 1.54) is 11.1 Å². The molecule has 1 saturated carbocycles. The number of benzene rings is 2. The van der Waals surface area contributed by atoms with Gasteiger partial charge in [-0.25, -0.2) is 0 Å². The summed E-state index contributed by atoms with van der Waals surface area (Å²) >= 11 is 0. The summed E-state index contributed by atoms with van der Waals surface area (Å²) in [6, 6.07) is 14.5. The average Bonchev–Trinajstić information content (AvgIpc) is 3.35. The van der Waals surface area contributed by atoms with Crippen molar-refractivity contribution in [2.75, 3.05) is 7.11 Å². The normalized spacial score (nSPS) is 19.8. The number of aryl methyl sites for hydroxylation is 2. The Kier molecular flexibility index (Phi) is 4.02. The summed E-state index contributed by atoms with van der Waals surface area (Å²) < 4.78 is 5.35. The monoisotopic (exact) mass is 294 g/mol. The summed E-state index contributed by atoms with van der Waals surface area (Å²) in [5.41, 5.74) is 4.43. The molecule has 0 radical (unpaired) electrons. The Hall–Kier alpha value is -2.09. The lowest BCUT2D eigenvalue weighted by molar-refractivity contribution is 0.0962. The van der Waals surface area contributed by atoms with Gasteiger partial charge in [0.2, 0.25) is 0 Å². The smallest absolute Gasteiger partial charge is 0.170 e. The van der Waals surface area contributed by atoms with E-state index in [2.05, 4.69) is 31.2 Å². The van der Waals surface area contributed by atoms with Crippen LogP contribution in [0.15, 0.2) is 42.5 Å². The molecule has 2 atom stereocenters. The third-order valence-corrected chi connectivity index (χ3v) is 4.56. The molecule has 2 nitrogen and oxygen atoms in total. The number of methoxy groups -OCH3 is 1. The summed E-state index contributed by atoms with van der Waals surface area (Å²) in [6.07, 6.45) is 2.00. The van der Waals surface area contributed by atoms with E-state index in [0.717, 1.165) is 24.0 Å². The van der Waals surface area contributed by atoms with E-state index in [-0.39, 0.29) is 11.7 Å². The maximum Gasteiger partial charge on any atom is 0.170 e. The van der Waals surface area contributed by atoms with Crippen molar-refractivity contribution in [2.24, 2.45) is 5.92 Å². The van der Waals surface area contributed by atoms with Gasteiger partial charge in [0.05, 0.1) is 12.7 Å². The Balaban J connectivity index is 1.79. The van der Waals surface area contributed by atoms with Gasteiger partial charge in [-0.2, -0.15) is 0 Å². The molecule has 1 aliphatic carbocycles. The molecular weight excluding hydrogens is 272 g/mol. The van der Waals surface area contributed by atoms with Gasteiger partial charge < -0.3 is 4.74 Å². The number of ketones is 1. The first-order valence-corrected chi connectivity index (χ1v) is 7.91. The van der Waals surface area contributed by atoms with Crippen LogP contribution in [0.4, 0.5) is 0 Å². The summed E-state index contributed by atoms with van der Waals surface area (Å²) in [4.78, 5) is 12.8. The van der Waals surface area contributed by atoms with Crippen molar-refractivity contribution in [3.8, 4) is 5.75 Å². The highest BCUT2D eigenvalue weighted by Crippen LogP contribution is 2.50. The van der Waals surface area contributed by atoms with Crippen molar-refractivity contribution < 1.29 is 9.53 Å². The first kappa shape index (κ1) is 14.8. The molecular formula is C20H22O2. The van der Waals surface area contributed by atoms with Crippen LogP contribution in [0, 0.1) is 12.8 Å². The van der Waals surface area contributed by atoms with Crippen LogP contribution in [-0.4, -0.2) is 12.9 Å². The second kappa shape index (κ2) is 5.96. The molecule has 2 aromatic rings. The fraction of sp³-hybridized carbons (Fsp3) is 0.350. The first-order valence-electron chi connectivity index (χ1n) is 7.91. The summed E-state index contributed by atoms with van der Waals surface area (Å²) in [5, 5.41) is 0. The van der Waals surface area contributed by atoms with Gasteiger partial charge in [0.15, 0.2) is 5.78 Å². The van der Waals surface area contributed by atoms with E-state index >= 15 is 0 Å². The van der Waals surface area contributed by atoms with E-state index in [0.29, 0.717) is 11.7 Å². The number of carbonyl (C=O) groups excluding carboxylic acids is 1. The molecule has 0 N–H and O–H groups in total. The van der Waals surface area contributed by atoms with Crippen molar-refractivity contribution in [1.82, 2.24) is 0 Å². The quantitative estimate of drug-likeness (QED) is 0.756. The minimum absolute atomic E-state index is 0.100. The minimum Gasteiger partial charge on any atom is -0.496 e. The molecule has 3 rings (SSSR count). The standard InChI is InChI=1S/C20H22O2/c1-4-14-6-8-15(9-7-14)16-12-17(16)20(21)18-11-13(2)5-10-19(18)22-3/h5-11,16-17H,4,12H2,1-3H3. The maximum absolute atomic E-state index is 12.8. The molecule has 0 bridgehead atoms. The molecule has 0 heterocycles. The van der Waals surface area contributed by atoms with Gasteiger partial charge in [-0.05, 0) is 48.9 Å². The van der Waals surface area contributed by atoms with Crippen LogP contribution >= 0.6 is 0 Å². The molecule has 2 heteroatoms. The summed E-state index contributed by atoms with van der Waals surface area (Å²) in [7, 11) is 1.62. The molecule has 1 aliphatic rings. The van der Waals surface area contributed by atoms with Crippen LogP contribution in [0.25, 0.3) is 0 Å². The van der Waals surface area contributed by atoms with E-state index < -0.39 is 0 Å². The number of hydrogen-bond acceptors (Lipinski definition) is 2. The zero-order valence-corrected chi connectivity index (χ0v) is 13.4. The predicted octanol–water partition coefficient (Wildman–Crippen LogP) is 4.55. The zero-order chi connectivity index (χ0) is 15.7. The fourth-order valence-corrected chi connectivity index (χ4v) is 3.07. The van der Waals surface area contributed by atoms with Gasteiger partial charge in [0.25, 0.3) is 0 Å². The Labute approximate surface area is 132 Å². The lowest BCUT2D eigenvalue weighted by atomic mass is 9.99.